The van der Waals surface area contributed by atoms with E-state index >= 15 is 0 Å². The Morgan fingerprint density at radius 1 is 1.18 bits per heavy atom. The molecule has 0 amide bonds. The third kappa shape index (κ3) is 3.98. The van der Waals surface area contributed by atoms with Crippen molar-refractivity contribution in [1.29, 1.82) is 0 Å². The summed E-state index contributed by atoms with van der Waals surface area (Å²) < 4.78 is 13.4. The lowest BCUT2D eigenvalue weighted by atomic mass is 10.1. The number of imidazole rings is 1. The molecule has 0 aliphatic rings. The summed E-state index contributed by atoms with van der Waals surface area (Å²) in [7, 11) is 1.50. The summed E-state index contributed by atoms with van der Waals surface area (Å²) in [4.78, 5) is 29.4. The first-order chi connectivity index (χ1) is 16.4. The molecule has 0 spiro atoms. The van der Waals surface area contributed by atoms with Crippen LogP contribution in [0.4, 0.5) is 0 Å². The predicted molar refractivity (Wildman–Crippen MR) is 131 cm³/mol. The average molecular weight is 493 g/mol. The molecule has 0 fully saturated rings. The molecule has 7 nitrogen and oxygen atoms in total. The summed E-state index contributed by atoms with van der Waals surface area (Å²) >= 11 is 7.79. The highest BCUT2D eigenvalue weighted by molar-refractivity contribution is 7.15. The molecule has 170 valence electrons. The van der Waals surface area contributed by atoms with Crippen molar-refractivity contribution < 1.29 is 19.4 Å². The maximum atomic E-state index is 13.0. The van der Waals surface area contributed by atoms with E-state index in [-0.39, 0.29) is 17.7 Å². The fourth-order valence-corrected chi connectivity index (χ4v) is 4.94. The Bertz CT molecular complexity index is 1670. The van der Waals surface area contributed by atoms with Crippen LogP contribution in [0, 0.1) is 0 Å². The van der Waals surface area contributed by atoms with Crippen molar-refractivity contribution >= 4 is 51.0 Å². The van der Waals surface area contributed by atoms with E-state index in [1.54, 1.807) is 34.7 Å². The molecule has 5 aromatic rings. The van der Waals surface area contributed by atoms with Gasteiger partial charge in [0.1, 0.15) is 6.61 Å². The number of thiazole rings is 1. The second-order valence-electron chi connectivity index (χ2n) is 7.46. The number of aromatic nitrogens is 2. The largest absolute Gasteiger partial charge is 0.493 e. The van der Waals surface area contributed by atoms with Crippen LogP contribution < -0.4 is 19.6 Å². The molecule has 34 heavy (non-hydrogen) atoms. The number of halogens is 1. The highest BCUT2D eigenvalue weighted by Gasteiger charge is 2.14. The molecule has 0 aliphatic carbocycles. The summed E-state index contributed by atoms with van der Waals surface area (Å²) in [6.07, 6.45) is 1.74. The molecule has 0 atom stereocenters. The van der Waals surface area contributed by atoms with E-state index in [4.69, 9.17) is 26.2 Å². The highest BCUT2D eigenvalue weighted by Crippen LogP contribution is 2.37. The number of aromatic carboxylic acids is 1. The Morgan fingerprint density at radius 3 is 2.79 bits per heavy atom. The molecular formula is C25H17ClN2O5S. The van der Waals surface area contributed by atoms with Gasteiger partial charge < -0.3 is 14.6 Å². The SMILES string of the molecule is COc1cc(/C=c2/sc3nc4ccccc4n3c2=O)cc(Cl)c1OCc1cccc(C(=O)O)c1. The number of carboxylic acids is 1. The van der Waals surface area contributed by atoms with Gasteiger partial charge in [0.25, 0.3) is 5.56 Å². The zero-order valence-corrected chi connectivity index (χ0v) is 19.4. The number of benzene rings is 3. The lowest BCUT2D eigenvalue weighted by molar-refractivity contribution is 0.0696. The topological polar surface area (TPSA) is 90.1 Å². The number of nitrogens with zero attached hydrogens (tertiary/aromatic N) is 2. The van der Waals surface area contributed by atoms with Crippen LogP contribution in [0.25, 0.3) is 22.1 Å². The van der Waals surface area contributed by atoms with E-state index in [1.165, 1.54) is 30.6 Å². The normalized spacial score (nSPS) is 11.9. The highest BCUT2D eigenvalue weighted by atomic mass is 35.5. The minimum Gasteiger partial charge on any atom is -0.493 e. The van der Waals surface area contributed by atoms with Crippen molar-refractivity contribution in [2.75, 3.05) is 7.11 Å². The monoisotopic (exact) mass is 492 g/mol. The van der Waals surface area contributed by atoms with Gasteiger partial charge in [-0.25, -0.2) is 14.2 Å². The number of hydrogen-bond acceptors (Lipinski definition) is 6. The first-order valence-corrected chi connectivity index (χ1v) is 11.4. The average Bonchev–Trinajstić information content (AvgIpc) is 3.34. The minimum atomic E-state index is -1.01. The molecule has 0 unspecified atom stereocenters. The molecule has 0 saturated carbocycles. The molecule has 0 radical (unpaired) electrons. The Labute approximate surface area is 202 Å². The zero-order valence-electron chi connectivity index (χ0n) is 17.8. The van der Waals surface area contributed by atoms with Gasteiger partial charge in [0.15, 0.2) is 16.5 Å². The lowest BCUT2D eigenvalue weighted by Gasteiger charge is -2.13. The summed E-state index contributed by atoms with van der Waals surface area (Å²) in [5.41, 5.74) is 2.92. The van der Waals surface area contributed by atoms with Gasteiger partial charge in [-0.15, -0.1) is 0 Å². The number of carboxylic acid groups (broad SMARTS) is 1. The van der Waals surface area contributed by atoms with E-state index in [2.05, 4.69) is 4.98 Å². The molecule has 2 heterocycles. The summed E-state index contributed by atoms with van der Waals surface area (Å²) in [5.74, 6) is -0.284. The molecule has 0 saturated heterocycles. The van der Waals surface area contributed by atoms with Crippen LogP contribution in [0.3, 0.4) is 0 Å². The van der Waals surface area contributed by atoms with Gasteiger partial charge in [0.2, 0.25) is 0 Å². The molecule has 0 aliphatic heterocycles. The Hall–Kier alpha value is -3.88. The van der Waals surface area contributed by atoms with Gasteiger partial charge in [0.05, 0.1) is 33.3 Å². The van der Waals surface area contributed by atoms with Crippen molar-refractivity contribution in [3.63, 3.8) is 0 Å². The number of rotatable bonds is 6. The standard InChI is InChI=1S/C25H17ClN2O5S/c1-32-20-11-15(10-17(26)22(20)33-13-14-5-4-6-16(9-14)24(30)31)12-21-23(29)28-19-8-3-2-7-18(19)27-25(28)34-21/h2-12H,13H2,1H3,(H,30,31)/b21-12+. The smallest absolute Gasteiger partial charge is 0.335 e. The second kappa shape index (κ2) is 8.81. The quantitative estimate of drug-likeness (QED) is 0.378. The number of methoxy groups -OCH3 is 1. The van der Waals surface area contributed by atoms with E-state index in [1.807, 2.05) is 24.3 Å². The number of ether oxygens (including phenoxy) is 2. The van der Waals surface area contributed by atoms with Crippen LogP contribution in [0.5, 0.6) is 11.5 Å². The van der Waals surface area contributed by atoms with Gasteiger partial charge in [-0.05, 0) is 53.6 Å². The third-order valence-corrected chi connectivity index (χ3v) is 6.50. The molecule has 3 aromatic carbocycles. The number of carbonyl (C=O) groups is 1. The van der Waals surface area contributed by atoms with Crippen molar-refractivity contribution in [1.82, 2.24) is 9.38 Å². The predicted octanol–water partition coefficient (Wildman–Crippen LogP) is 4.40. The van der Waals surface area contributed by atoms with Gasteiger partial charge in [-0.3, -0.25) is 4.79 Å². The van der Waals surface area contributed by atoms with E-state index in [0.717, 1.165) is 11.0 Å². The Morgan fingerprint density at radius 2 is 2.00 bits per heavy atom. The molecule has 1 N–H and O–H groups in total. The molecule has 2 aromatic heterocycles. The van der Waals surface area contributed by atoms with Crippen LogP contribution in [0.1, 0.15) is 21.5 Å². The molecular weight excluding hydrogens is 476 g/mol. The first kappa shape index (κ1) is 21.9. The maximum Gasteiger partial charge on any atom is 0.335 e. The third-order valence-electron chi connectivity index (χ3n) is 5.25. The lowest BCUT2D eigenvalue weighted by Crippen LogP contribution is -2.22. The van der Waals surface area contributed by atoms with E-state index in [9.17, 15) is 9.59 Å². The van der Waals surface area contributed by atoms with Gasteiger partial charge in [-0.2, -0.15) is 0 Å². The number of hydrogen-bond donors (Lipinski definition) is 1. The number of para-hydroxylation sites is 2. The number of fused-ring (bicyclic) bond motifs is 3. The summed E-state index contributed by atoms with van der Waals surface area (Å²) in [5, 5.41) is 9.47. The van der Waals surface area contributed by atoms with Gasteiger partial charge >= 0.3 is 5.97 Å². The maximum absolute atomic E-state index is 13.0. The Balaban J connectivity index is 1.49. The van der Waals surface area contributed by atoms with Gasteiger partial charge in [-0.1, -0.05) is 47.2 Å². The van der Waals surface area contributed by atoms with E-state index < -0.39 is 5.97 Å². The van der Waals surface area contributed by atoms with Crippen molar-refractivity contribution in [3.8, 4) is 11.5 Å². The van der Waals surface area contributed by atoms with Gasteiger partial charge in [0, 0.05) is 0 Å². The zero-order chi connectivity index (χ0) is 23.8. The molecule has 5 rings (SSSR count). The van der Waals surface area contributed by atoms with Crippen molar-refractivity contribution in [2.24, 2.45) is 0 Å². The van der Waals surface area contributed by atoms with Crippen LogP contribution in [0.2, 0.25) is 5.02 Å². The Kier molecular flexibility index (Phi) is 5.69. The fraction of sp³-hybridized carbons (Fsp3) is 0.0800. The summed E-state index contributed by atoms with van der Waals surface area (Å²) in [6.45, 7) is 0.111. The van der Waals surface area contributed by atoms with E-state index in [0.29, 0.717) is 37.1 Å². The van der Waals surface area contributed by atoms with Crippen LogP contribution in [-0.4, -0.2) is 27.6 Å². The summed E-state index contributed by atoms with van der Waals surface area (Å²) in [6, 6.07) is 17.4. The van der Waals surface area contributed by atoms with Crippen LogP contribution in [0.15, 0.2) is 65.5 Å². The fourth-order valence-electron chi connectivity index (χ4n) is 3.68. The molecule has 9 heteroatoms. The second-order valence-corrected chi connectivity index (χ2v) is 8.88. The van der Waals surface area contributed by atoms with Crippen LogP contribution in [-0.2, 0) is 6.61 Å². The molecule has 0 bridgehead atoms. The first-order valence-electron chi connectivity index (χ1n) is 10.2. The minimum absolute atomic E-state index is 0.111. The van der Waals surface area contributed by atoms with Crippen molar-refractivity contribution in [2.45, 2.75) is 6.61 Å². The van der Waals surface area contributed by atoms with Crippen molar-refractivity contribution in [3.05, 3.63) is 97.3 Å². The van der Waals surface area contributed by atoms with Crippen LogP contribution >= 0.6 is 22.9 Å².